The van der Waals surface area contributed by atoms with Crippen molar-refractivity contribution in [3.8, 4) is 17.2 Å². The van der Waals surface area contributed by atoms with Crippen LogP contribution >= 0.6 is 0 Å². The normalized spacial score (nSPS) is 27.5. The molecule has 0 aliphatic carbocycles. The fraction of sp³-hybridized carbons (Fsp3) is 0.435. The maximum Gasteiger partial charge on any atom is 0.125 e. The Bertz CT molecular complexity index is 942. The standard InChI is InChI=1S/C23H26FNO5/c1-3-17(23-22(29)21(28)20(27)19(11-26)30-23)18-5-4-14(6-12(18)2)15-7-13(10-25)8-16(24)9-15/h4-9,17,19-23,26-29H,3,11H2,1-2H3/t17-,19-,20-,21+,22+,23-/m1/s1. The van der Waals surface area contributed by atoms with E-state index in [9.17, 15) is 24.8 Å². The second-order valence-electron chi connectivity index (χ2n) is 7.72. The summed E-state index contributed by atoms with van der Waals surface area (Å²) < 4.78 is 19.6. The Kier molecular flexibility index (Phi) is 6.86. The van der Waals surface area contributed by atoms with Crippen LogP contribution in [0.5, 0.6) is 0 Å². The van der Waals surface area contributed by atoms with Gasteiger partial charge < -0.3 is 25.2 Å². The van der Waals surface area contributed by atoms with Crippen LogP contribution in [-0.2, 0) is 4.74 Å². The molecule has 3 rings (SSSR count). The maximum absolute atomic E-state index is 13.8. The van der Waals surface area contributed by atoms with E-state index in [1.807, 2.05) is 38.1 Å². The van der Waals surface area contributed by atoms with Crippen molar-refractivity contribution in [2.24, 2.45) is 0 Å². The molecule has 0 saturated carbocycles. The molecule has 4 N–H and O–H groups in total. The molecule has 6 nitrogen and oxygen atoms in total. The van der Waals surface area contributed by atoms with Gasteiger partial charge >= 0.3 is 0 Å². The van der Waals surface area contributed by atoms with Crippen molar-refractivity contribution in [2.45, 2.75) is 56.7 Å². The zero-order valence-corrected chi connectivity index (χ0v) is 16.9. The van der Waals surface area contributed by atoms with E-state index in [-0.39, 0.29) is 11.5 Å². The minimum absolute atomic E-state index is 0.236. The van der Waals surface area contributed by atoms with Gasteiger partial charge in [-0.2, -0.15) is 5.26 Å². The molecule has 0 amide bonds. The Balaban J connectivity index is 1.95. The third-order valence-corrected chi connectivity index (χ3v) is 5.80. The predicted molar refractivity (Wildman–Crippen MR) is 108 cm³/mol. The van der Waals surface area contributed by atoms with Crippen LogP contribution < -0.4 is 0 Å². The maximum atomic E-state index is 13.8. The van der Waals surface area contributed by atoms with Gasteiger partial charge in [-0.25, -0.2) is 4.39 Å². The number of halogens is 1. The monoisotopic (exact) mass is 415 g/mol. The number of aliphatic hydroxyl groups excluding tert-OH is 4. The molecular formula is C23H26FNO5. The van der Waals surface area contributed by atoms with Gasteiger partial charge in [0.05, 0.1) is 24.3 Å². The Morgan fingerprint density at radius 3 is 2.40 bits per heavy atom. The zero-order chi connectivity index (χ0) is 22.0. The summed E-state index contributed by atoms with van der Waals surface area (Å²) in [5, 5.41) is 49.2. The van der Waals surface area contributed by atoms with Gasteiger partial charge in [-0.1, -0.05) is 25.1 Å². The summed E-state index contributed by atoms with van der Waals surface area (Å²) in [7, 11) is 0. The number of benzene rings is 2. The second-order valence-corrected chi connectivity index (χ2v) is 7.72. The molecule has 0 spiro atoms. The van der Waals surface area contributed by atoms with Gasteiger partial charge in [-0.3, -0.25) is 0 Å². The zero-order valence-electron chi connectivity index (χ0n) is 16.9. The molecule has 0 bridgehead atoms. The van der Waals surface area contributed by atoms with E-state index in [0.717, 1.165) is 16.7 Å². The first-order valence-corrected chi connectivity index (χ1v) is 9.92. The number of aryl methyl sites for hydroxylation is 1. The van der Waals surface area contributed by atoms with Crippen LogP contribution in [0.1, 0.15) is 36.0 Å². The average Bonchev–Trinajstić information content (AvgIpc) is 2.74. The van der Waals surface area contributed by atoms with Crippen molar-refractivity contribution >= 4 is 0 Å². The van der Waals surface area contributed by atoms with E-state index in [1.54, 1.807) is 6.07 Å². The van der Waals surface area contributed by atoms with E-state index in [4.69, 9.17) is 10.00 Å². The highest BCUT2D eigenvalue weighted by molar-refractivity contribution is 5.67. The third-order valence-electron chi connectivity index (χ3n) is 5.80. The van der Waals surface area contributed by atoms with Crippen LogP contribution in [-0.4, -0.2) is 57.6 Å². The van der Waals surface area contributed by atoms with Gasteiger partial charge in [0, 0.05) is 5.92 Å². The molecule has 0 radical (unpaired) electrons. The quantitative estimate of drug-likeness (QED) is 0.594. The Morgan fingerprint density at radius 2 is 1.80 bits per heavy atom. The lowest BCUT2D eigenvalue weighted by atomic mass is 9.80. The van der Waals surface area contributed by atoms with E-state index in [2.05, 4.69) is 0 Å². The fourth-order valence-corrected chi connectivity index (χ4v) is 4.18. The number of aliphatic hydroxyl groups is 4. The third kappa shape index (κ3) is 4.24. The number of hydrogen-bond acceptors (Lipinski definition) is 6. The molecule has 2 aromatic carbocycles. The predicted octanol–water partition coefficient (Wildman–Crippen LogP) is 2.01. The molecular weight excluding hydrogens is 389 g/mol. The smallest absolute Gasteiger partial charge is 0.125 e. The molecule has 160 valence electrons. The van der Waals surface area contributed by atoms with Gasteiger partial charge in [-0.15, -0.1) is 0 Å². The van der Waals surface area contributed by atoms with Gasteiger partial charge in [0.25, 0.3) is 0 Å². The Labute approximate surface area is 174 Å². The average molecular weight is 415 g/mol. The van der Waals surface area contributed by atoms with Crippen LogP contribution in [0, 0.1) is 24.1 Å². The van der Waals surface area contributed by atoms with Crippen LogP contribution in [0.3, 0.4) is 0 Å². The lowest BCUT2D eigenvalue weighted by Gasteiger charge is -2.43. The Hall–Kier alpha value is -2.34. The molecule has 1 fully saturated rings. The molecule has 1 aliphatic heterocycles. The van der Waals surface area contributed by atoms with Crippen molar-refractivity contribution in [1.82, 2.24) is 0 Å². The van der Waals surface area contributed by atoms with Crippen LogP contribution in [0.4, 0.5) is 4.39 Å². The molecule has 6 atom stereocenters. The first kappa shape index (κ1) is 22.3. The summed E-state index contributed by atoms with van der Waals surface area (Å²) in [4.78, 5) is 0. The first-order valence-electron chi connectivity index (χ1n) is 9.92. The highest BCUT2D eigenvalue weighted by Crippen LogP contribution is 2.36. The van der Waals surface area contributed by atoms with Crippen LogP contribution in [0.15, 0.2) is 36.4 Å². The fourth-order valence-electron chi connectivity index (χ4n) is 4.18. The highest BCUT2D eigenvalue weighted by atomic mass is 19.1. The minimum Gasteiger partial charge on any atom is -0.394 e. The van der Waals surface area contributed by atoms with Crippen LogP contribution in [0.25, 0.3) is 11.1 Å². The number of nitrogens with zero attached hydrogens (tertiary/aromatic N) is 1. The van der Waals surface area contributed by atoms with Gasteiger partial charge in [-0.05, 0) is 53.8 Å². The Morgan fingerprint density at radius 1 is 1.07 bits per heavy atom. The number of nitriles is 1. The van der Waals surface area contributed by atoms with Crippen LogP contribution in [0.2, 0.25) is 0 Å². The van der Waals surface area contributed by atoms with E-state index >= 15 is 0 Å². The largest absolute Gasteiger partial charge is 0.394 e. The molecule has 1 heterocycles. The summed E-state index contributed by atoms with van der Waals surface area (Å²) in [5.41, 5.74) is 3.32. The molecule has 1 aliphatic rings. The summed E-state index contributed by atoms with van der Waals surface area (Å²) in [6.45, 7) is 3.33. The molecule has 0 aromatic heterocycles. The molecule has 7 heteroatoms. The topological polar surface area (TPSA) is 114 Å². The lowest BCUT2D eigenvalue weighted by molar-refractivity contribution is -0.234. The summed E-state index contributed by atoms with van der Waals surface area (Å²) >= 11 is 0. The first-order chi connectivity index (χ1) is 14.3. The second kappa shape index (κ2) is 9.21. The highest BCUT2D eigenvalue weighted by Gasteiger charge is 2.46. The molecule has 1 saturated heterocycles. The molecule has 30 heavy (non-hydrogen) atoms. The van der Waals surface area contributed by atoms with E-state index in [0.29, 0.717) is 12.0 Å². The van der Waals surface area contributed by atoms with Gasteiger partial charge in [0.15, 0.2) is 0 Å². The van der Waals surface area contributed by atoms with Crippen molar-refractivity contribution in [1.29, 1.82) is 5.26 Å². The number of hydrogen-bond donors (Lipinski definition) is 4. The van der Waals surface area contributed by atoms with Gasteiger partial charge in [0.2, 0.25) is 0 Å². The van der Waals surface area contributed by atoms with Crippen molar-refractivity contribution in [3.05, 3.63) is 58.9 Å². The van der Waals surface area contributed by atoms with E-state index < -0.39 is 42.9 Å². The number of rotatable bonds is 5. The SMILES string of the molecule is CC[C@H](c1ccc(-c2cc(F)cc(C#N)c2)cc1C)[C@H]1O[C@H](CO)[C@@H](O)[C@H](O)[C@@H]1O. The summed E-state index contributed by atoms with van der Waals surface area (Å²) in [6.07, 6.45) is -5.32. The molecule has 2 aromatic rings. The van der Waals surface area contributed by atoms with Crippen molar-refractivity contribution in [3.63, 3.8) is 0 Å². The molecule has 0 unspecified atom stereocenters. The summed E-state index contributed by atoms with van der Waals surface area (Å²) in [5.74, 6) is -0.786. The van der Waals surface area contributed by atoms with Crippen molar-refractivity contribution in [2.75, 3.05) is 6.61 Å². The van der Waals surface area contributed by atoms with E-state index in [1.165, 1.54) is 12.1 Å². The summed E-state index contributed by atoms with van der Waals surface area (Å²) in [6, 6.07) is 11.6. The van der Waals surface area contributed by atoms with Crippen molar-refractivity contribution < 1.29 is 29.6 Å². The van der Waals surface area contributed by atoms with Gasteiger partial charge in [0.1, 0.15) is 30.2 Å². The number of ether oxygens (including phenoxy) is 1. The lowest BCUT2D eigenvalue weighted by Crippen LogP contribution is -2.59. The minimum atomic E-state index is -1.42.